The van der Waals surface area contributed by atoms with Crippen molar-refractivity contribution in [3.8, 4) is 0 Å². The largest absolute Gasteiger partial charge is 0.334 e. The van der Waals surface area contributed by atoms with Gasteiger partial charge in [0.2, 0.25) is 5.91 Å². The van der Waals surface area contributed by atoms with Crippen LogP contribution < -0.4 is 15.5 Å². The topological polar surface area (TPSA) is 105 Å². The average molecular weight is 372 g/mol. The second-order valence-electron chi connectivity index (χ2n) is 6.03. The number of fused-ring (bicyclic) bond motifs is 1. The summed E-state index contributed by atoms with van der Waals surface area (Å²) in [6, 6.07) is 9.58. The number of anilines is 1. The number of benzene rings is 2. The normalized spacial score (nSPS) is 12.4. The van der Waals surface area contributed by atoms with Gasteiger partial charge in [-0.15, -0.1) is 0 Å². The van der Waals surface area contributed by atoms with Crippen LogP contribution in [0.5, 0.6) is 0 Å². The number of carbonyl (C=O) groups is 2. The lowest BCUT2D eigenvalue weighted by molar-refractivity contribution is -0.384. The minimum atomic E-state index is -0.536. The van der Waals surface area contributed by atoms with E-state index in [2.05, 4.69) is 10.6 Å². The molecule has 27 heavy (non-hydrogen) atoms. The first-order chi connectivity index (χ1) is 12.9. The fourth-order valence-electron chi connectivity index (χ4n) is 2.84. The molecule has 1 aliphatic heterocycles. The molecule has 2 aromatic rings. The average Bonchev–Trinajstić information content (AvgIpc) is 3.09. The Bertz CT molecular complexity index is 885. The predicted molar refractivity (Wildman–Crippen MR) is 95.8 cm³/mol. The molecule has 1 heterocycles. The summed E-state index contributed by atoms with van der Waals surface area (Å²) >= 11 is 0. The molecule has 3 amide bonds. The highest BCUT2D eigenvalue weighted by molar-refractivity contribution is 5.98. The first-order valence-corrected chi connectivity index (χ1v) is 8.28. The summed E-state index contributed by atoms with van der Waals surface area (Å²) in [5.41, 5.74) is 1.99. The highest BCUT2D eigenvalue weighted by atomic mass is 19.1. The van der Waals surface area contributed by atoms with E-state index in [0.717, 1.165) is 11.1 Å². The van der Waals surface area contributed by atoms with E-state index in [1.807, 2.05) is 0 Å². The summed E-state index contributed by atoms with van der Waals surface area (Å²) in [5, 5.41) is 16.0. The van der Waals surface area contributed by atoms with Crippen LogP contribution in [0.4, 0.5) is 20.6 Å². The quantitative estimate of drug-likeness (QED) is 0.620. The molecule has 8 nitrogen and oxygen atoms in total. The van der Waals surface area contributed by atoms with Crippen LogP contribution in [0.15, 0.2) is 42.5 Å². The number of urea groups is 1. The van der Waals surface area contributed by atoms with Gasteiger partial charge in [-0.2, -0.15) is 0 Å². The third kappa shape index (κ3) is 4.38. The zero-order chi connectivity index (χ0) is 19.4. The van der Waals surface area contributed by atoms with E-state index in [1.54, 1.807) is 18.2 Å². The van der Waals surface area contributed by atoms with Crippen LogP contribution in [-0.4, -0.2) is 30.0 Å². The van der Waals surface area contributed by atoms with Crippen molar-refractivity contribution in [3.63, 3.8) is 0 Å². The monoisotopic (exact) mass is 372 g/mol. The van der Waals surface area contributed by atoms with Crippen LogP contribution in [0, 0.1) is 15.9 Å². The summed E-state index contributed by atoms with van der Waals surface area (Å²) in [5.74, 6) is -0.717. The van der Waals surface area contributed by atoms with Gasteiger partial charge >= 0.3 is 6.03 Å². The van der Waals surface area contributed by atoms with Crippen LogP contribution in [-0.2, 0) is 17.8 Å². The number of nitro groups is 1. The van der Waals surface area contributed by atoms with Gasteiger partial charge in [0.15, 0.2) is 0 Å². The number of hydrogen-bond acceptors (Lipinski definition) is 4. The number of nitrogens with one attached hydrogen (secondary N) is 2. The van der Waals surface area contributed by atoms with Crippen molar-refractivity contribution in [2.75, 3.05) is 18.0 Å². The molecule has 2 aromatic carbocycles. The Hall–Kier alpha value is -3.49. The van der Waals surface area contributed by atoms with Gasteiger partial charge in [0.05, 0.1) is 17.2 Å². The molecule has 1 aliphatic rings. The Morgan fingerprint density at radius 2 is 1.89 bits per heavy atom. The van der Waals surface area contributed by atoms with Crippen LogP contribution in [0.2, 0.25) is 0 Å². The molecule has 140 valence electrons. The van der Waals surface area contributed by atoms with E-state index in [4.69, 9.17) is 0 Å². The SMILES string of the molecule is O=C(NCC(=O)N1CCc2ccc([N+](=O)[O-])cc21)NCc1ccc(F)cc1. The van der Waals surface area contributed by atoms with Crippen LogP contribution in [0.3, 0.4) is 0 Å². The maximum atomic E-state index is 12.8. The maximum Gasteiger partial charge on any atom is 0.315 e. The summed E-state index contributed by atoms with van der Waals surface area (Å²) in [6.07, 6.45) is 0.607. The first kappa shape index (κ1) is 18.3. The summed E-state index contributed by atoms with van der Waals surface area (Å²) in [7, 11) is 0. The predicted octanol–water partition coefficient (Wildman–Crippen LogP) is 2.12. The lowest BCUT2D eigenvalue weighted by Crippen LogP contribution is -2.43. The zero-order valence-corrected chi connectivity index (χ0v) is 14.3. The van der Waals surface area contributed by atoms with Crippen LogP contribution >= 0.6 is 0 Å². The van der Waals surface area contributed by atoms with Gasteiger partial charge in [-0.1, -0.05) is 18.2 Å². The fourth-order valence-corrected chi connectivity index (χ4v) is 2.84. The number of nitrogens with zero attached hydrogens (tertiary/aromatic N) is 2. The fraction of sp³-hybridized carbons (Fsp3) is 0.222. The standard InChI is InChI=1S/C18H17FN4O4/c19-14-4-1-12(2-5-14)10-20-18(25)21-11-17(24)22-8-7-13-3-6-15(23(26)27)9-16(13)22/h1-6,9H,7-8,10-11H2,(H2,20,21,25). The molecule has 0 aliphatic carbocycles. The highest BCUT2D eigenvalue weighted by Crippen LogP contribution is 2.31. The molecule has 2 N–H and O–H groups in total. The summed E-state index contributed by atoms with van der Waals surface area (Å²) in [4.78, 5) is 36.1. The second kappa shape index (κ2) is 7.81. The van der Waals surface area contributed by atoms with Gasteiger partial charge in [-0.3, -0.25) is 14.9 Å². The molecule has 0 atom stereocenters. The molecule has 0 radical (unpaired) electrons. The van der Waals surface area contributed by atoms with Crippen LogP contribution in [0.25, 0.3) is 0 Å². The molecular formula is C18H17FN4O4. The molecule has 3 rings (SSSR count). The Kier molecular flexibility index (Phi) is 5.30. The molecule has 0 unspecified atom stereocenters. The van der Waals surface area contributed by atoms with Crippen molar-refractivity contribution in [2.45, 2.75) is 13.0 Å². The molecule has 0 saturated heterocycles. The van der Waals surface area contributed by atoms with E-state index >= 15 is 0 Å². The van der Waals surface area contributed by atoms with Crippen molar-refractivity contribution in [2.24, 2.45) is 0 Å². The van der Waals surface area contributed by atoms with Gasteiger partial charge in [0.1, 0.15) is 5.82 Å². The molecule has 0 bridgehead atoms. The van der Waals surface area contributed by atoms with Crippen LogP contribution in [0.1, 0.15) is 11.1 Å². The third-order valence-electron chi connectivity index (χ3n) is 4.24. The minimum absolute atomic E-state index is 0.0848. The summed E-state index contributed by atoms with van der Waals surface area (Å²) in [6.45, 7) is 0.366. The maximum absolute atomic E-state index is 12.8. The highest BCUT2D eigenvalue weighted by Gasteiger charge is 2.26. The number of amides is 3. The molecule has 0 spiro atoms. The Labute approximate surface area is 154 Å². The lowest BCUT2D eigenvalue weighted by atomic mass is 10.1. The van der Waals surface area contributed by atoms with Crippen molar-refractivity contribution in [3.05, 3.63) is 69.5 Å². The Morgan fingerprint density at radius 3 is 2.59 bits per heavy atom. The van der Waals surface area contributed by atoms with Gasteiger partial charge in [0, 0.05) is 25.2 Å². The number of hydrogen-bond donors (Lipinski definition) is 2. The van der Waals surface area contributed by atoms with Gasteiger partial charge < -0.3 is 15.5 Å². The van der Waals surface area contributed by atoms with E-state index in [9.17, 15) is 24.1 Å². The first-order valence-electron chi connectivity index (χ1n) is 8.28. The lowest BCUT2D eigenvalue weighted by Gasteiger charge is -2.17. The number of nitro benzene ring substituents is 1. The number of rotatable bonds is 5. The number of halogens is 1. The molecule has 0 aromatic heterocycles. The molecular weight excluding hydrogens is 355 g/mol. The van der Waals surface area contributed by atoms with Crippen molar-refractivity contribution < 1.29 is 18.9 Å². The van der Waals surface area contributed by atoms with E-state index in [1.165, 1.54) is 29.2 Å². The van der Waals surface area contributed by atoms with Gasteiger partial charge in [-0.05, 0) is 29.7 Å². The third-order valence-corrected chi connectivity index (χ3v) is 4.24. The zero-order valence-electron chi connectivity index (χ0n) is 14.3. The van der Waals surface area contributed by atoms with Crippen molar-refractivity contribution >= 4 is 23.3 Å². The van der Waals surface area contributed by atoms with E-state index in [-0.39, 0.29) is 30.5 Å². The summed E-state index contributed by atoms with van der Waals surface area (Å²) < 4.78 is 12.8. The van der Waals surface area contributed by atoms with Gasteiger partial charge in [-0.25, -0.2) is 9.18 Å². The minimum Gasteiger partial charge on any atom is -0.334 e. The number of carbonyl (C=O) groups excluding carboxylic acids is 2. The van der Waals surface area contributed by atoms with Gasteiger partial charge in [0.25, 0.3) is 5.69 Å². The Morgan fingerprint density at radius 1 is 1.15 bits per heavy atom. The second-order valence-corrected chi connectivity index (χ2v) is 6.03. The van der Waals surface area contributed by atoms with E-state index in [0.29, 0.717) is 18.7 Å². The number of non-ortho nitro benzene ring substituents is 1. The molecule has 0 saturated carbocycles. The molecule has 0 fully saturated rings. The van der Waals surface area contributed by atoms with Crippen molar-refractivity contribution in [1.82, 2.24) is 10.6 Å². The van der Waals surface area contributed by atoms with Crippen molar-refractivity contribution in [1.29, 1.82) is 0 Å². The van der Waals surface area contributed by atoms with E-state index < -0.39 is 11.0 Å². The molecule has 9 heteroatoms. The smallest absolute Gasteiger partial charge is 0.315 e. The Balaban J connectivity index is 1.53.